The third-order valence-corrected chi connectivity index (χ3v) is 3.83. The predicted octanol–water partition coefficient (Wildman–Crippen LogP) is 3.07. The van der Waals surface area contributed by atoms with Crippen LogP contribution in [-0.2, 0) is 0 Å². The molecule has 6 heteroatoms. The van der Waals surface area contributed by atoms with Crippen LogP contribution in [0.3, 0.4) is 0 Å². The second-order valence-corrected chi connectivity index (χ2v) is 5.79. The van der Waals surface area contributed by atoms with Gasteiger partial charge in [-0.1, -0.05) is 24.2 Å². The number of carbonyl (C=O) groups is 1. The maximum atomic E-state index is 12.5. The molecule has 2 aromatic rings. The van der Waals surface area contributed by atoms with E-state index < -0.39 is 0 Å². The molecular weight excluding hydrogens is 270 g/mol. The highest BCUT2D eigenvalue weighted by Crippen LogP contribution is 2.34. The summed E-state index contributed by atoms with van der Waals surface area (Å²) in [5.74, 6) is 1.59. The topological polar surface area (TPSA) is 72.4 Å². The molecule has 1 atom stereocenters. The van der Waals surface area contributed by atoms with Gasteiger partial charge in [-0.2, -0.15) is 0 Å². The Labute approximate surface area is 123 Å². The average Bonchev–Trinajstić information content (AvgIpc) is 3.17. The first-order valence-electron chi connectivity index (χ1n) is 7.27. The summed E-state index contributed by atoms with van der Waals surface area (Å²) >= 11 is 0. The summed E-state index contributed by atoms with van der Waals surface area (Å²) in [6, 6.07) is 3.56. The molecule has 1 fully saturated rings. The number of likely N-dealkylation sites (tertiary alicyclic amines) is 1. The van der Waals surface area contributed by atoms with Crippen LogP contribution < -0.4 is 0 Å². The number of aryl methyl sites for hydroxylation is 1. The van der Waals surface area contributed by atoms with Gasteiger partial charge in [0.15, 0.2) is 11.5 Å². The Morgan fingerprint density at radius 1 is 1.33 bits per heavy atom. The quantitative estimate of drug-likeness (QED) is 0.868. The number of hydrogen-bond acceptors (Lipinski definition) is 5. The van der Waals surface area contributed by atoms with Crippen LogP contribution in [0.2, 0.25) is 0 Å². The molecule has 3 rings (SSSR count). The van der Waals surface area contributed by atoms with Crippen molar-refractivity contribution in [3.8, 4) is 0 Å². The van der Waals surface area contributed by atoms with E-state index in [0.717, 1.165) is 24.3 Å². The summed E-state index contributed by atoms with van der Waals surface area (Å²) in [5.41, 5.74) is 1.27. The van der Waals surface area contributed by atoms with Crippen molar-refractivity contribution in [2.45, 2.75) is 45.6 Å². The van der Waals surface area contributed by atoms with Crippen LogP contribution in [0.15, 0.2) is 21.2 Å². The molecular formula is C15H19N3O3. The molecule has 1 saturated heterocycles. The highest BCUT2D eigenvalue weighted by Gasteiger charge is 2.34. The van der Waals surface area contributed by atoms with Crippen LogP contribution in [-0.4, -0.2) is 27.7 Å². The minimum atomic E-state index is -0.114. The maximum absolute atomic E-state index is 12.5. The van der Waals surface area contributed by atoms with Crippen molar-refractivity contribution < 1.29 is 13.8 Å². The largest absolute Gasteiger partial charge is 0.361 e. The normalized spacial score (nSPS) is 18.7. The van der Waals surface area contributed by atoms with Gasteiger partial charge < -0.3 is 13.9 Å². The fourth-order valence-corrected chi connectivity index (χ4v) is 2.65. The smallest absolute Gasteiger partial charge is 0.276 e. The van der Waals surface area contributed by atoms with Crippen molar-refractivity contribution in [1.82, 2.24) is 15.2 Å². The molecule has 0 aromatic carbocycles. The summed E-state index contributed by atoms with van der Waals surface area (Å²) in [6.07, 6.45) is 1.83. The van der Waals surface area contributed by atoms with Gasteiger partial charge >= 0.3 is 0 Å². The highest BCUT2D eigenvalue weighted by molar-refractivity contribution is 5.92. The van der Waals surface area contributed by atoms with Gasteiger partial charge in [-0.3, -0.25) is 4.79 Å². The Hall–Kier alpha value is -2.11. The Kier molecular flexibility index (Phi) is 3.53. The van der Waals surface area contributed by atoms with Crippen molar-refractivity contribution in [3.63, 3.8) is 0 Å². The molecule has 0 aliphatic carbocycles. The zero-order valence-electron chi connectivity index (χ0n) is 12.5. The van der Waals surface area contributed by atoms with Crippen molar-refractivity contribution in [2.24, 2.45) is 0 Å². The lowest BCUT2D eigenvalue weighted by atomic mass is 10.1. The molecule has 0 bridgehead atoms. The lowest BCUT2D eigenvalue weighted by Crippen LogP contribution is -2.30. The molecule has 2 aromatic heterocycles. The number of rotatable bonds is 3. The first-order valence-corrected chi connectivity index (χ1v) is 7.27. The zero-order chi connectivity index (χ0) is 15.0. The molecule has 112 valence electrons. The first-order chi connectivity index (χ1) is 10.1. The van der Waals surface area contributed by atoms with Crippen LogP contribution in [0.25, 0.3) is 0 Å². The number of hydrogen-bond donors (Lipinski definition) is 0. The number of carbonyl (C=O) groups excluding carboxylic acids is 1. The van der Waals surface area contributed by atoms with Crippen LogP contribution in [0.5, 0.6) is 0 Å². The molecule has 3 heterocycles. The van der Waals surface area contributed by atoms with Crippen LogP contribution in [0.4, 0.5) is 0 Å². The van der Waals surface area contributed by atoms with Gasteiger partial charge in [-0.05, 0) is 25.7 Å². The minimum Gasteiger partial charge on any atom is -0.361 e. The Morgan fingerprint density at radius 2 is 2.14 bits per heavy atom. The van der Waals surface area contributed by atoms with Gasteiger partial charge in [-0.25, -0.2) is 0 Å². The molecule has 21 heavy (non-hydrogen) atoms. The van der Waals surface area contributed by atoms with Gasteiger partial charge in [0.1, 0.15) is 5.76 Å². The average molecular weight is 289 g/mol. The van der Waals surface area contributed by atoms with E-state index in [0.29, 0.717) is 23.9 Å². The second-order valence-electron chi connectivity index (χ2n) is 5.79. The SMILES string of the molecule is Cc1cc(C(=O)N2CCC[C@H]2c2cc(C(C)C)no2)no1. The van der Waals surface area contributed by atoms with E-state index in [1.54, 1.807) is 17.9 Å². The number of nitrogens with zero attached hydrogens (tertiary/aromatic N) is 3. The van der Waals surface area contributed by atoms with Crippen LogP contribution >= 0.6 is 0 Å². The Bertz CT molecular complexity index is 644. The summed E-state index contributed by atoms with van der Waals surface area (Å²) in [6.45, 7) is 6.61. The zero-order valence-corrected chi connectivity index (χ0v) is 12.5. The highest BCUT2D eigenvalue weighted by atomic mass is 16.5. The molecule has 0 radical (unpaired) electrons. The van der Waals surface area contributed by atoms with E-state index in [4.69, 9.17) is 9.05 Å². The van der Waals surface area contributed by atoms with Crippen molar-refractivity contribution in [3.05, 3.63) is 35.0 Å². The second kappa shape index (κ2) is 5.35. The third kappa shape index (κ3) is 2.57. The summed E-state index contributed by atoms with van der Waals surface area (Å²) in [5, 5.41) is 7.89. The van der Waals surface area contributed by atoms with Gasteiger partial charge in [-0.15, -0.1) is 0 Å². The molecule has 0 N–H and O–H groups in total. The molecule has 0 spiro atoms. The van der Waals surface area contributed by atoms with Crippen molar-refractivity contribution in [1.29, 1.82) is 0 Å². The summed E-state index contributed by atoms with van der Waals surface area (Å²) in [4.78, 5) is 14.3. The molecule has 1 aliphatic rings. The monoisotopic (exact) mass is 289 g/mol. The fourth-order valence-electron chi connectivity index (χ4n) is 2.65. The third-order valence-electron chi connectivity index (χ3n) is 3.83. The van der Waals surface area contributed by atoms with E-state index in [-0.39, 0.29) is 11.9 Å². The van der Waals surface area contributed by atoms with Crippen LogP contribution in [0.1, 0.15) is 66.4 Å². The molecule has 0 unspecified atom stereocenters. The van der Waals surface area contributed by atoms with E-state index in [1.165, 1.54) is 0 Å². The molecule has 1 aliphatic heterocycles. The van der Waals surface area contributed by atoms with E-state index in [9.17, 15) is 4.79 Å². The molecule has 1 amide bonds. The van der Waals surface area contributed by atoms with E-state index in [2.05, 4.69) is 24.2 Å². The van der Waals surface area contributed by atoms with Crippen LogP contribution in [0, 0.1) is 6.92 Å². The number of amides is 1. The maximum Gasteiger partial charge on any atom is 0.276 e. The fraction of sp³-hybridized carbons (Fsp3) is 0.533. The first kappa shape index (κ1) is 13.9. The minimum absolute atomic E-state index is 0.0606. The van der Waals surface area contributed by atoms with Gasteiger partial charge in [0.05, 0.1) is 11.7 Å². The summed E-state index contributed by atoms with van der Waals surface area (Å²) in [7, 11) is 0. The standard InChI is InChI=1S/C15H19N3O3/c1-9(2)11-8-14(21-16-11)13-5-4-6-18(13)15(19)12-7-10(3)20-17-12/h7-9,13H,4-6H2,1-3H3/t13-/m0/s1. The lowest BCUT2D eigenvalue weighted by Gasteiger charge is -2.21. The predicted molar refractivity (Wildman–Crippen MR) is 74.8 cm³/mol. The summed E-state index contributed by atoms with van der Waals surface area (Å²) < 4.78 is 10.4. The number of aromatic nitrogens is 2. The molecule has 0 saturated carbocycles. The van der Waals surface area contributed by atoms with Crippen molar-refractivity contribution in [2.75, 3.05) is 6.54 Å². The van der Waals surface area contributed by atoms with Gasteiger partial charge in [0, 0.05) is 18.7 Å². The van der Waals surface area contributed by atoms with Crippen molar-refractivity contribution >= 4 is 5.91 Å². The van der Waals surface area contributed by atoms with E-state index >= 15 is 0 Å². The van der Waals surface area contributed by atoms with Gasteiger partial charge in [0.2, 0.25) is 0 Å². The Morgan fingerprint density at radius 3 is 2.76 bits per heavy atom. The van der Waals surface area contributed by atoms with E-state index in [1.807, 2.05) is 6.07 Å². The Balaban J connectivity index is 1.83. The van der Waals surface area contributed by atoms with Gasteiger partial charge in [0.25, 0.3) is 5.91 Å². The lowest BCUT2D eigenvalue weighted by molar-refractivity contribution is 0.0704. The molecule has 6 nitrogen and oxygen atoms in total.